The van der Waals surface area contributed by atoms with Crippen LogP contribution in [0, 0.1) is 10.2 Å². The summed E-state index contributed by atoms with van der Waals surface area (Å²) < 4.78 is 34.0. The van der Waals surface area contributed by atoms with Crippen LogP contribution in [0.5, 0.6) is 5.75 Å². The van der Waals surface area contributed by atoms with Gasteiger partial charge in [-0.1, -0.05) is 23.3 Å². The van der Waals surface area contributed by atoms with Crippen molar-refractivity contribution in [3.8, 4) is 5.75 Å². The van der Waals surface area contributed by atoms with Crippen LogP contribution in [0.1, 0.15) is 0 Å². The highest BCUT2D eigenvalue weighted by Crippen LogP contribution is 2.05. The maximum atomic E-state index is 8.49. The van der Waals surface area contributed by atoms with E-state index in [0.29, 0.717) is 10.9 Å². The van der Waals surface area contributed by atoms with E-state index in [1.54, 1.807) is 0 Å². The number of halogens is 1. The predicted octanol–water partition coefficient (Wildman–Crippen LogP) is -4.56. The SMILES string of the molecule is NC1=CC=C[NH+]1Oc1ccccc1.[O-][Cl+3]([O-])([O-])[O-]. The molecule has 0 radical (unpaired) electrons. The predicted molar refractivity (Wildman–Crippen MR) is 49.4 cm³/mol. The van der Waals surface area contributed by atoms with E-state index < -0.39 is 10.2 Å². The van der Waals surface area contributed by atoms with Crippen molar-refractivity contribution in [1.29, 1.82) is 0 Å². The number of rotatable bonds is 2. The van der Waals surface area contributed by atoms with Crippen molar-refractivity contribution in [2.75, 3.05) is 0 Å². The molecule has 98 valence electrons. The van der Waals surface area contributed by atoms with Crippen molar-refractivity contribution in [3.63, 3.8) is 0 Å². The Morgan fingerprint density at radius 1 is 1.06 bits per heavy atom. The first-order chi connectivity index (χ1) is 8.36. The third-order valence-corrected chi connectivity index (χ3v) is 1.78. The summed E-state index contributed by atoms with van der Waals surface area (Å²) in [6, 6.07) is 9.59. The molecule has 1 atom stereocenters. The summed E-state index contributed by atoms with van der Waals surface area (Å²) in [7, 11) is -4.94. The van der Waals surface area contributed by atoms with Crippen molar-refractivity contribution in [2.45, 2.75) is 0 Å². The number of benzene rings is 1. The van der Waals surface area contributed by atoms with E-state index in [4.69, 9.17) is 29.2 Å². The van der Waals surface area contributed by atoms with Gasteiger partial charge in [0, 0.05) is 12.2 Å². The summed E-state index contributed by atoms with van der Waals surface area (Å²) in [4.78, 5) is 5.52. The van der Waals surface area contributed by atoms with Gasteiger partial charge in [-0.3, -0.25) is 0 Å². The second-order valence-corrected chi connectivity index (χ2v) is 3.89. The minimum Gasteiger partial charge on any atom is -0.351 e. The highest BCUT2D eigenvalue weighted by molar-refractivity contribution is 5.20. The summed E-state index contributed by atoms with van der Waals surface area (Å²) in [5.41, 5.74) is 5.66. The lowest BCUT2D eigenvalue weighted by Gasteiger charge is -2.17. The number of para-hydroxylation sites is 1. The van der Waals surface area contributed by atoms with Gasteiger partial charge in [-0.15, -0.1) is 10.2 Å². The third-order valence-electron chi connectivity index (χ3n) is 1.78. The molecule has 3 N–H and O–H groups in total. The summed E-state index contributed by atoms with van der Waals surface area (Å²) >= 11 is 0. The van der Waals surface area contributed by atoms with Crippen LogP contribution >= 0.6 is 0 Å². The maximum absolute atomic E-state index is 8.49. The Balaban J connectivity index is 0.000000280. The fraction of sp³-hybridized carbons (Fsp3) is 0. The van der Waals surface area contributed by atoms with Gasteiger partial charge >= 0.3 is 0 Å². The molecular formula is C10H11ClN2O5. The molecule has 1 aromatic carbocycles. The van der Waals surface area contributed by atoms with Gasteiger partial charge < -0.3 is 10.6 Å². The van der Waals surface area contributed by atoms with Crippen LogP contribution in [-0.4, -0.2) is 0 Å². The van der Waals surface area contributed by atoms with Crippen LogP contribution < -0.4 is 34.3 Å². The number of hydrogen-bond acceptors (Lipinski definition) is 6. The van der Waals surface area contributed by atoms with Gasteiger partial charge in [0.1, 0.15) is 6.20 Å². The quantitative estimate of drug-likeness (QED) is 0.558. The zero-order chi connectivity index (χ0) is 13.6. The molecule has 0 saturated carbocycles. The third kappa shape index (κ3) is 6.21. The molecule has 0 bridgehead atoms. The maximum Gasteiger partial charge on any atom is 0.244 e. The molecule has 2 rings (SSSR count). The first-order valence-corrected chi connectivity index (χ1v) is 5.95. The van der Waals surface area contributed by atoms with Crippen molar-refractivity contribution < 1.29 is 38.8 Å². The number of hydroxylamine groups is 2. The Morgan fingerprint density at radius 3 is 2.06 bits per heavy atom. The molecule has 1 unspecified atom stereocenters. The number of quaternary nitrogens is 1. The van der Waals surface area contributed by atoms with Gasteiger partial charge in [0.05, 0.1) is 0 Å². The molecular weight excluding hydrogens is 264 g/mol. The Morgan fingerprint density at radius 2 is 1.61 bits per heavy atom. The highest BCUT2D eigenvalue weighted by atomic mass is 35.7. The van der Waals surface area contributed by atoms with Crippen LogP contribution in [-0.2, 0) is 0 Å². The molecule has 1 heterocycles. The second kappa shape index (κ2) is 6.36. The highest BCUT2D eigenvalue weighted by Gasteiger charge is 2.15. The molecule has 1 aliphatic rings. The van der Waals surface area contributed by atoms with E-state index in [1.165, 1.54) is 0 Å². The van der Waals surface area contributed by atoms with E-state index in [2.05, 4.69) is 0 Å². The van der Waals surface area contributed by atoms with Crippen LogP contribution in [0.2, 0.25) is 0 Å². The number of allylic oxidation sites excluding steroid dienone is 2. The average molecular weight is 275 g/mol. The number of nitrogens with one attached hydrogen (secondary N) is 1. The molecule has 1 aromatic rings. The summed E-state index contributed by atoms with van der Waals surface area (Å²) in [6.45, 7) is 0. The van der Waals surface area contributed by atoms with Crippen molar-refractivity contribution in [3.05, 3.63) is 54.5 Å². The van der Waals surface area contributed by atoms with Crippen LogP contribution in [0.25, 0.3) is 0 Å². The monoisotopic (exact) mass is 274 g/mol. The summed E-state index contributed by atoms with van der Waals surface area (Å²) in [6.07, 6.45) is 5.54. The van der Waals surface area contributed by atoms with E-state index in [-0.39, 0.29) is 0 Å². The van der Waals surface area contributed by atoms with Gasteiger partial charge in [0.15, 0.2) is 5.75 Å². The fourth-order valence-corrected chi connectivity index (χ4v) is 1.13. The largest absolute Gasteiger partial charge is 0.351 e. The van der Waals surface area contributed by atoms with Crippen molar-refractivity contribution in [2.24, 2.45) is 5.73 Å². The zero-order valence-electron chi connectivity index (χ0n) is 9.12. The normalized spacial score (nSPS) is 17.8. The van der Waals surface area contributed by atoms with Crippen LogP contribution in [0.4, 0.5) is 0 Å². The minimum atomic E-state index is -4.94. The molecule has 8 heteroatoms. The first kappa shape index (κ1) is 14.5. The van der Waals surface area contributed by atoms with E-state index >= 15 is 0 Å². The van der Waals surface area contributed by atoms with Gasteiger partial charge in [0.2, 0.25) is 5.82 Å². The molecule has 0 aromatic heterocycles. The molecule has 0 saturated heterocycles. The number of hydrogen-bond donors (Lipinski definition) is 2. The molecule has 1 aliphatic heterocycles. The second-order valence-electron chi connectivity index (χ2n) is 3.14. The Hall–Kier alpha value is -1.61. The molecule has 0 fully saturated rings. The Bertz CT molecular complexity index is 424. The lowest BCUT2D eigenvalue weighted by molar-refractivity contribution is -2.00. The van der Waals surface area contributed by atoms with Gasteiger partial charge in [0.25, 0.3) is 0 Å². The Labute approximate surface area is 105 Å². The lowest BCUT2D eigenvalue weighted by atomic mass is 10.3. The molecule has 18 heavy (non-hydrogen) atoms. The van der Waals surface area contributed by atoms with Gasteiger partial charge in [-0.2, -0.15) is 0 Å². The Kier molecular flexibility index (Phi) is 5.10. The van der Waals surface area contributed by atoms with E-state index in [1.807, 2.05) is 48.7 Å². The van der Waals surface area contributed by atoms with Crippen molar-refractivity contribution >= 4 is 0 Å². The molecule has 0 amide bonds. The molecule has 7 nitrogen and oxygen atoms in total. The minimum absolute atomic E-state index is 0.670. The lowest BCUT2D eigenvalue weighted by Crippen LogP contribution is -3.08. The van der Waals surface area contributed by atoms with Crippen LogP contribution in [0.3, 0.4) is 0 Å². The number of nitrogens with two attached hydrogens (primary N) is 1. The van der Waals surface area contributed by atoms with Crippen LogP contribution in [0.15, 0.2) is 54.5 Å². The topological polar surface area (TPSA) is 132 Å². The van der Waals surface area contributed by atoms with E-state index in [0.717, 1.165) is 5.75 Å². The molecule has 0 spiro atoms. The average Bonchev–Trinajstić information content (AvgIpc) is 2.64. The zero-order valence-corrected chi connectivity index (χ0v) is 9.87. The van der Waals surface area contributed by atoms with Gasteiger partial charge in [-0.05, 0) is 12.1 Å². The first-order valence-electron chi connectivity index (χ1n) is 4.72. The smallest absolute Gasteiger partial charge is 0.244 e. The summed E-state index contributed by atoms with van der Waals surface area (Å²) in [5.74, 6) is 1.48. The standard InChI is InChI=1S/C10H10N2O.ClHO4/c11-10-7-4-8-12(10)13-9-5-2-1-3-6-9;2-1(3,4)5/h1-8H,11H2;(H,2,3,4,5). The van der Waals surface area contributed by atoms with E-state index in [9.17, 15) is 0 Å². The fourth-order valence-electron chi connectivity index (χ4n) is 1.13. The van der Waals surface area contributed by atoms with Crippen molar-refractivity contribution in [1.82, 2.24) is 0 Å². The molecule has 0 aliphatic carbocycles. The van der Waals surface area contributed by atoms with Gasteiger partial charge in [-0.25, -0.2) is 18.6 Å². The summed E-state index contributed by atoms with van der Waals surface area (Å²) in [5, 5.41) is 0.714.